The van der Waals surface area contributed by atoms with E-state index < -0.39 is 0 Å². The lowest BCUT2D eigenvalue weighted by Crippen LogP contribution is -2.49. The summed E-state index contributed by atoms with van der Waals surface area (Å²) in [7, 11) is 0. The summed E-state index contributed by atoms with van der Waals surface area (Å²) in [5.74, 6) is 0. The minimum absolute atomic E-state index is 0.721. The molecule has 2 aliphatic heterocycles. The van der Waals surface area contributed by atoms with E-state index in [0.29, 0.717) is 0 Å². The number of benzene rings is 1. The minimum Gasteiger partial charge on any atom is -0.367 e. The highest BCUT2D eigenvalue weighted by atomic mass is 15.2. The van der Waals surface area contributed by atoms with Gasteiger partial charge in [-0.1, -0.05) is 17.7 Å². The van der Waals surface area contributed by atoms with E-state index in [1.165, 1.54) is 54.7 Å². The van der Waals surface area contributed by atoms with Crippen molar-refractivity contribution < 1.29 is 0 Å². The number of rotatable bonds is 1. The first-order valence-corrected chi connectivity index (χ1v) is 7.24. The maximum absolute atomic E-state index is 3.67. The molecule has 0 aliphatic carbocycles. The normalized spacial score (nSPS) is 27.4. The Bertz CT molecular complexity index is 429. The fourth-order valence-electron chi connectivity index (χ4n) is 3.97. The van der Waals surface area contributed by atoms with Crippen molar-refractivity contribution in [2.45, 2.75) is 52.1 Å². The minimum atomic E-state index is 0.721. The van der Waals surface area contributed by atoms with Gasteiger partial charge in [0.1, 0.15) is 0 Å². The van der Waals surface area contributed by atoms with E-state index in [1.807, 2.05) is 0 Å². The van der Waals surface area contributed by atoms with E-state index in [0.717, 1.165) is 12.1 Å². The fraction of sp³-hybridized carbons (Fsp3) is 0.625. The van der Waals surface area contributed by atoms with E-state index in [9.17, 15) is 0 Å². The number of anilines is 1. The van der Waals surface area contributed by atoms with Crippen molar-refractivity contribution in [1.82, 2.24) is 5.32 Å². The van der Waals surface area contributed by atoms with Gasteiger partial charge in [-0.3, -0.25) is 0 Å². The summed E-state index contributed by atoms with van der Waals surface area (Å²) in [6, 6.07) is 6.10. The molecule has 1 N–H and O–H groups in total. The third kappa shape index (κ3) is 1.93. The van der Waals surface area contributed by atoms with Gasteiger partial charge in [0.25, 0.3) is 0 Å². The maximum atomic E-state index is 3.67. The molecule has 1 aromatic carbocycles. The molecule has 0 saturated carbocycles. The van der Waals surface area contributed by atoms with E-state index in [4.69, 9.17) is 0 Å². The van der Waals surface area contributed by atoms with Crippen molar-refractivity contribution in [3.05, 3.63) is 28.8 Å². The molecule has 2 unspecified atom stereocenters. The van der Waals surface area contributed by atoms with Crippen LogP contribution in [-0.4, -0.2) is 25.2 Å². The molecule has 2 atom stereocenters. The average molecular weight is 244 g/mol. The highest BCUT2D eigenvalue weighted by molar-refractivity contribution is 5.61. The van der Waals surface area contributed by atoms with Crippen molar-refractivity contribution in [3.63, 3.8) is 0 Å². The number of nitrogens with one attached hydrogen (secondary N) is 1. The SMILES string of the molecule is Cc1cc(C)c(N2CCCC3NCCC32)c(C)c1. The number of piperidine rings is 1. The van der Waals surface area contributed by atoms with Crippen molar-refractivity contribution in [2.24, 2.45) is 0 Å². The van der Waals surface area contributed by atoms with Crippen LogP contribution < -0.4 is 10.2 Å². The molecular weight excluding hydrogens is 220 g/mol. The third-order valence-corrected chi connectivity index (χ3v) is 4.55. The first kappa shape index (κ1) is 12.0. The van der Waals surface area contributed by atoms with Crippen LogP contribution in [0.4, 0.5) is 5.69 Å². The van der Waals surface area contributed by atoms with Crippen molar-refractivity contribution in [1.29, 1.82) is 0 Å². The number of aryl methyl sites for hydroxylation is 3. The molecule has 18 heavy (non-hydrogen) atoms. The van der Waals surface area contributed by atoms with Gasteiger partial charge in [0.05, 0.1) is 0 Å². The molecule has 0 aromatic heterocycles. The van der Waals surface area contributed by atoms with Crippen molar-refractivity contribution >= 4 is 5.69 Å². The zero-order valence-electron chi connectivity index (χ0n) is 11.8. The average Bonchev–Trinajstić information content (AvgIpc) is 2.76. The van der Waals surface area contributed by atoms with Crippen LogP contribution in [0.3, 0.4) is 0 Å². The Morgan fingerprint density at radius 3 is 2.56 bits per heavy atom. The summed E-state index contributed by atoms with van der Waals surface area (Å²) in [4.78, 5) is 2.68. The molecule has 2 aliphatic rings. The molecule has 2 saturated heterocycles. The standard InChI is InChI=1S/C16H24N2/c1-11-9-12(2)16(13(3)10-11)18-8-4-5-14-15(18)6-7-17-14/h9-10,14-15,17H,4-8H2,1-3H3. The smallest absolute Gasteiger partial charge is 0.0455 e. The Morgan fingerprint density at radius 1 is 1.11 bits per heavy atom. The second-order valence-electron chi connectivity index (χ2n) is 6.00. The molecule has 2 fully saturated rings. The maximum Gasteiger partial charge on any atom is 0.0455 e. The number of hydrogen-bond acceptors (Lipinski definition) is 2. The summed E-state index contributed by atoms with van der Waals surface area (Å²) in [5.41, 5.74) is 5.77. The third-order valence-electron chi connectivity index (χ3n) is 4.55. The lowest BCUT2D eigenvalue weighted by atomic mass is 9.94. The molecule has 0 radical (unpaired) electrons. The molecule has 0 spiro atoms. The largest absolute Gasteiger partial charge is 0.367 e. The van der Waals surface area contributed by atoms with Gasteiger partial charge in [0.15, 0.2) is 0 Å². The highest BCUT2D eigenvalue weighted by Crippen LogP contribution is 2.34. The van der Waals surface area contributed by atoms with E-state index >= 15 is 0 Å². The summed E-state index contributed by atoms with van der Waals surface area (Å²) in [6.45, 7) is 9.14. The molecule has 2 heteroatoms. The first-order chi connectivity index (χ1) is 8.66. The predicted molar refractivity (Wildman–Crippen MR) is 77.4 cm³/mol. The number of hydrogen-bond donors (Lipinski definition) is 1. The van der Waals surface area contributed by atoms with Crippen LogP contribution in [-0.2, 0) is 0 Å². The highest BCUT2D eigenvalue weighted by Gasteiger charge is 2.35. The number of nitrogens with zero attached hydrogens (tertiary/aromatic N) is 1. The molecule has 98 valence electrons. The second kappa shape index (κ2) is 4.58. The van der Waals surface area contributed by atoms with Gasteiger partial charge in [-0.05, 0) is 57.7 Å². The van der Waals surface area contributed by atoms with Crippen molar-refractivity contribution in [2.75, 3.05) is 18.0 Å². The lowest BCUT2D eigenvalue weighted by Gasteiger charge is -2.40. The van der Waals surface area contributed by atoms with Gasteiger partial charge in [0, 0.05) is 24.3 Å². The zero-order chi connectivity index (χ0) is 12.7. The predicted octanol–water partition coefficient (Wildman–Crippen LogP) is 2.94. The summed E-state index contributed by atoms with van der Waals surface area (Å²) in [5, 5.41) is 3.67. The van der Waals surface area contributed by atoms with Crippen LogP contribution >= 0.6 is 0 Å². The number of fused-ring (bicyclic) bond motifs is 1. The van der Waals surface area contributed by atoms with Crippen LogP contribution in [0.15, 0.2) is 12.1 Å². The first-order valence-electron chi connectivity index (χ1n) is 7.24. The second-order valence-corrected chi connectivity index (χ2v) is 6.00. The Labute approximate surface area is 110 Å². The molecule has 0 amide bonds. The Kier molecular flexibility index (Phi) is 3.06. The summed E-state index contributed by atoms with van der Waals surface area (Å²) >= 11 is 0. The molecular formula is C16H24N2. The van der Waals surface area contributed by atoms with Crippen molar-refractivity contribution in [3.8, 4) is 0 Å². The van der Waals surface area contributed by atoms with Crippen LogP contribution in [0.5, 0.6) is 0 Å². The molecule has 2 nitrogen and oxygen atoms in total. The van der Waals surface area contributed by atoms with Crippen LogP contribution in [0.25, 0.3) is 0 Å². The van der Waals surface area contributed by atoms with Crippen LogP contribution in [0, 0.1) is 20.8 Å². The monoisotopic (exact) mass is 244 g/mol. The topological polar surface area (TPSA) is 15.3 Å². The summed E-state index contributed by atoms with van der Waals surface area (Å²) in [6.07, 6.45) is 3.98. The van der Waals surface area contributed by atoms with Gasteiger partial charge < -0.3 is 10.2 Å². The van der Waals surface area contributed by atoms with Gasteiger partial charge in [0.2, 0.25) is 0 Å². The fourth-order valence-corrected chi connectivity index (χ4v) is 3.97. The van der Waals surface area contributed by atoms with Crippen LogP contribution in [0.2, 0.25) is 0 Å². The van der Waals surface area contributed by atoms with Gasteiger partial charge in [-0.15, -0.1) is 0 Å². The Morgan fingerprint density at radius 2 is 1.83 bits per heavy atom. The molecule has 0 bridgehead atoms. The zero-order valence-corrected chi connectivity index (χ0v) is 11.8. The molecule has 1 aromatic rings. The lowest BCUT2D eigenvalue weighted by molar-refractivity contribution is 0.411. The Hall–Kier alpha value is -1.02. The molecule has 2 heterocycles. The Balaban J connectivity index is 1.98. The van der Waals surface area contributed by atoms with Gasteiger partial charge in [-0.25, -0.2) is 0 Å². The summed E-state index contributed by atoms with van der Waals surface area (Å²) < 4.78 is 0. The van der Waals surface area contributed by atoms with Gasteiger partial charge in [-0.2, -0.15) is 0 Å². The van der Waals surface area contributed by atoms with E-state index in [2.05, 4.69) is 43.1 Å². The molecule has 3 rings (SSSR count). The van der Waals surface area contributed by atoms with Gasteiger partial charge >= 0.3 is 0 Å². The quantitative estimate of drug-likeness (QED) is 0.817. The van der Waals surface area contributed by atoms with E-state index in [1.54, 1.807) is 0 Å². The van der Waals surface area contributed by atoms with E-state index in [-0.39, 0.29) is 0 Å². The van der Waals surface area contributed by atoms with Crippen LogP contribution in [0.1, 0.15) is 36.0 Å².